The van der Waals surface area contributed by atoms with Gasteiger partial charge in [-0.2, -0.15) is 0 Å². The van der Waals surface area contributed by atoms with Crippen molar-refractivity contribution >= 4 is 29.6 Å². The molecular formula is C29H45N5O6. The number of rotatable bonds is 16. The van der Waals surface area contributed by atoms with Crippen LogP contribution in [-0.4, -0.2) is 66.9 Å². The molecule has 0 aliphatic rings. The second kappa shape index (κ2) is 17.8. The lowest BCUT2D eigenvalue weighted by Gasteiger charge is -2.25. The van der Waals surface area contributed by atoms with Crippen molar-refractivity contribution in [2.75, 3.05) is 13.1 Å². The van der Waals surface area contributed by atoms with E-state index in [9.17, 15) is 24.0 Å². The van der Waals surface area contributed by atoms with Crippen LogP contribution in [0.2, 0.25) is 0 Å². The summed E-state index contributed by atoms with van der Waals surface area (Å²) in [5.74, 6) is -3.17. The van der Waals surface area contributed by atoms with Gasteiger partial charge in [-0.3, -0.25) is 24.0 Å². The molecule has 0 aromatic heterocycles. The van der Waals surface area contributed by atoms with Gasteiger partial charge in [-0.1, -0.05) is 70.5 Å². The summed E-state index contributed by atoms with van der Waals surface area (Å²) in [6, 6.07) is 6.31. The third kappa shape index (κ3) is 12.4. The minimum absolute atomic E-state index is 0.0581. The van der Waals surface area contributed by atoms with E-state index in [1.54, 1.807) is 39.8 Å². The molecule has 0 spiro atoms. The summed E-state index contributed by atoms with van der Waals surface area (Å²) < 4.78 is 5.17. The molecule has 0 heterocycles. The molecule has 0 aliphatic carbocycles. The average molecular weight is 560 g/mol. The summed E-state index contributed by atoms with van der Waals surface area (Å²) in [7, 11) is 0. The molecule has 0 aliphatic heterocycles. The van der Waals surface area contributed by atoms with Gasteiger partial charge in [-0.05, 0) is 37.3 Å². The van der Waals surface area contributed by atoms with Crippen molar-refractivity contribution in [2.45, 2.75) is 78.6 Å². The Labute approximate surface area is 237 Å². The van der Waals surface area contributed by atoms with Crippen LogP contribution in [0.5, 0.6) is 0 Å². The Morgan fingerprint density at radius 1 is 0.900 bits per heavy atom. The number of hydrogen-bond donors (Lipinski definition) is 5. The number of amides is 4. The smallest absolute Gasteiger partial charge is 0.325 e. The maximum Gasteiger partial charge on any atom is 0.325 e. The Kier molecular flexibility index (Phi) is 15.2. The summed E-state index contributed by atoms with van der Waals surface area (Å²) >= 11 is 0. The zero-order valence-corrected chi connectivity index (χ0v) is 24.4. The van der Waals surface area contributed by atoms with Gasteiger partial charge in [0.05, 0.1) is 12.6 Å². The molecule has 6 N–H and O–H groups in total. The van der Waals surface area contributed by atoms with Crippen molar-refractivity contribution in [3.05, 3.63) is 48.0 Å². The van der Waals surface area contributed by atoms with Crippen LogP contribution in [0.25, 0.3) is 0 Å². The number of nitrogens with one attached hydrogen (secondary N) is 4. The summed E-state index contributed by atoms with van der Waals surface area (Å²) in [5, 5.41) is 10.4. The van der Waals surface area contributed by atoms with Gasteiger partial charge in [0, 0.05) is 6.42 Å². The number of benzene rings is 1. The van der Waals surface area contributed by atoms with Crippen LogP contribution in [0.4, 0.5) is 0 Å². The predicted octanol–water partition coefficient (Wildman–Crippen LogP) is 0.968. The molecule has 11 nitrogen and oxygen atoms in total. The molecule has 40 heavy (non-hydrogen) atoms. The van der Waals surface area contributed by atoms with Crippen molar-refractivity contribution in [1.29, 1.82) is 0 Å². The average Bonchev–Trinajstić information content (AvgIpc) is 2.92. The molecule has 1 rings (SSSR count). The van der Waals surface area contributed by atoms with Crippen molar-refractivity contribution in [2.24, 2.45) is 17.6 Å². The van der Waals surface area contributed by atoms with Crippen LogP contribution in [0.1, 0.15) is 53.5 Å². The van der Waals surface area contributed by atoms with Crippen LogP contribution in [-0.2, 0) is 35.1 Å². The van der Waals surface area contributed by atoms with Crippen molar-refractivity contribution in [1.82, 2.24) is 21.3 Å². The first-order valence-corrected chi connectivity index (χ1v) is 13.7. The minimum Gasteiger partial charge on any atom is -0.457 e. The molecule has 1 aromatic rings. The third-order valence-electron chi connectivity index (χ3n) is 6.35. The number of allylic oxidation sites excluding steroid dienone is 1. The molecule has 5 atom stereocenters. The number of carbonyl (C=O) groups is 5. The Morgan fingerprint density at radius 3 is 2.10 bits per heavy atom. The molecule has 0 saturated heterocycles. The minimum atomic E-state index is -1.03. The Bertz CT molecular complexity index is 1010. The number of ether oxygens (including phenoxy) is 1. The largest absolute Gasteiger partial charge is 0.457 e. The van der Waals surface area contributed by atoms with Gasteiger partial charge < -0.3 is 31.7 Å². The molecule has 11 heteroatoms. The van der Waals surface area contributed by atoms with E-state index < -0.39 is 53.8 Å². The topological polar surface area (TPSA) is 169 Å². The third-order valence-corrected chi connectivity index (χ3v) is 6.35. The first-order valence-electron chi connectivity index (χ1n) is 13.7. The molecule has 0 fully saturated rings. The van der Waals surface area contributed by atoms with Crippen LogP contribution in [0, 0.1) is 11.8 Å². The fourth-order valence-electron chi connectivity index (χ4n) is 3.72. The van der Waals surface area contributed by atoms with Gasteiger partial charge in [-0.15, -0.1) is 0 Å². The standard InChI is InChI=1S/C29H45N5O6/c1-7-12-20(6)40-24(36)17-32-29(39)26(18(3)4)34-27(37)22(15-21-13-10-9-11-14-21)33-23(35)16-31-28(38)25(30)19(5)8-2/h7,9-14,18-20,22,25-26H,8,15-17,30H2,1-6H3,(H,31,38)(H,32,39)(H,33,35)(H,34,37)/b12-7-. The lowest BCUT2D eigenvalue weighted by Crippen LogP contribution is -2.57. The van der Waals surface area contributed by atoms with E-state index in [2.05, 4.69) is 21.3 Å². The molecular weight excluding hydrogens is 514 g/mol. The van der Waals surface area contributed by atoms with Crippen molar-refractivity contribution < 1.29 is 28.7 Å². The molecule has 0 saturated carbocycles. The van der Waals surface area contributed by atoms with Crippen LogP contribution < -0.4 is 27.0 Å². The lowest BCUT2D eigenvalue weighted by atomic mass is 9.99. The van der Waals surface area contributed by atoms with Gasteiger partial charge in [0.2, 0.25) is 23.6 Å². The second-order valence-electron chi connectivity index (χ2n) is 10.1. The van der Waals surface area contributed by atoms with E-state index >= 15 is 0 Å². The fraction of sp³-hybridized carbons (Fsp3) is 0.552. The fourth-order valence-corrected chi connectivity index (χ4v) is 3.72. The monoisotopic (exact) mass is 559 g/mol. The molecule has 4 amide bonds. The summed E-state index contributed by atoms with van der Waals surface area (Å²) in [6.07, 6.45) is 3.87. The zero-order valence-electron chi connectivity index (χ0n) is 24.4. The van der Waals surface area contributed by atoms with Crippen LogP contribution in [0.15, 0.2) is 42.5 Å². The molecule has 5 unspecified atom stereocenters. The lowest BCUT2D eigenvalue weighted by molar-refractivity contribution is -0.146. The highest BCUT2D eigenvalue weighted by molar-refractivity contribution is 5.94. The normalized spacial score (nSPS) is 14.9. The van der Waals surface area contributed by atoms with E-state index in [0.29, 0.717) is 6.42 Å². The molecule has 0 radical (unpaired) electrons. The summed E-state index contributed by atoms with van der Waals surface area (Å²) in [5.41, 5.74) is 6.71. The summed E-state index contributed by atoms with van der Waals surface area (Å²) in [4.78, 5) is 63.2. The van der Waals surface area contributed by atoms with Crippen LogP contribution >= 0.6 is 0 Å². The Morgan fingerprint density at radius 2 is 1.52 bits per heavy atom. The predicted molar refractivity (Wildman–Crippen MR) is 153 cm³/mol. The van der Waals surface area contributed by atoms with Crippen LogP contribution in [0.3, 0.4) is 0 Å². The van der Waals surface area contributed by atoms with E-state index in [1.165, 1.54) is 0 Å². The van der Waals surface area contributed by atoms with E-state index in [1.807, 2.05) is 44.2 Å². The molecule has 222 valence electrons. The van der Waals surface area contributed by atoms with Gasteiger partial charge in [0.15, 0.2) is 0 Å². The Hall–Kier alpha value is -3.73. The first kappa shape index (κ1) is 34.3. The Balaban J connectivity index is 2.90. The van der Waals surface area contributed by atoms with Gasteiger partial charge in [-0.25, -0.2) is 0 Å². The maximum absolute atomic E-state index is 13.3. The van der Waals surface area contributed by atoms with E-state index in [0.717, 1.165) is 5.56 Å². The van der Waals surface area contributed by atoms with E-state index in [-0.39, 0.29) is 31.3 Å². The molecule has 0 bridgehead atoms. The maximum atomic E-state index is 13.3. The highest BCUT2D eigenvalue weighted by Gasteiger charge is 2.29. The second-order valence-corrected chi connectivity index (χ2v) is 10.1. The van der Waals surface area contributed by atoms with Gasteiger partial charge >= 0.3 is 5.97 Å². The van der Waals surface area contributed by atoms with Crippen molar-refractivity contribution in [3.8, 4) is 0 Å². The number of carbonyl (C=O) groups excluding carboxylic acids is 5. The highest BCUT2D eigenvalue weighted by atomic mass is 16.5. The van der Waals surface area contributed by atoms with Gasteiger partial charge in [0.1, 0.15) is 24.7 Å². The SMILES string of the molecule is C/C=C\C(C)OC(=O)CNC(=O)C(NC(=O)C(Cc1ccccc1)NC(=O)CNC(=O)C(N)C(C)CC)C(C)C. The quantitative estimate of drug-likeness (QED) is 0.148. The summed E-state index contributed by atoms with van der Waals surface area (Å²) in [6.45, 7) is 10.0. The first-order chi connectivity index (χ1) is 18.9. The number of hydrogen-bond acceptors (Lipinski definition) is 7. The van der Waals surface area contributed by atoms with Crippen molar-refractivity contribution in [3.63, 3.8) is 0 Å². The zero-order chi connectivity index (χ0) is 30.2. The number of nitrogens with two attached hydrogens (primary N) is 1. The number of esters is 1. The van der Waals surface area contributed by atoms with Gasteiger partial charge in [0.25, 0.3) is 0 Å². The highest BCUT2D eigenvalue weighted by Crippen LogP contribution is 2.08. The van der Waals surface area contributed by atoms with E-state index in [4.69, 9.17) is 10.5 Å². The molecule has 1 aromatic carbocycles.